The first-order chi connectivity index (χ1) is 39.3. The second-order valence-corrected chi connectivity index (χ2v) is 24.7. The SMILES string of the molecule is CCCCCCCCCC/C=C\CCCCCCCCCCCCCCCCCCCCCCCCCCCC(=O)NC(COC1OC(CO)C(O)C(O)C1O)C(O)/C=C/CC/C=C/CCCCCCCCCCCCCCCC. The minimum absolute atomic E-state index is 0.179. The van der Waals surface area contributed by atoms with E-state index in [2.05, 4.69) is 43.5 Å². The van der Waals surface area contributed by atoms with E-state index in [1.807, 2.05) is 6.08 Å². The highest BCUT2D eigenvalue weighted by atomic mass is 16.7. The molecule has 9 heteroatoms. The van der Waals surface area contributed by atoms with Crippen LogP contribution in [0.2, 0.25) is 0 Å². The van der Waals surface area contributed by atoms with Crippen LogP contribution in [0.15, 0.2) is 36.5 Å². The van der Waals surface area contributed by atoms with Crippen LogP contribution in [0.3, 0.4) is 0 Å². The highest BCUT2D eigenvalue weighted by Crippen LogP contribution is 2.23. The molecule has 1 fully saturated rings. The van der Waals surface area contributed by atoms with E-state index in [9.17, 15) is 30.3 Å². The van der Waals surface area contributed by atoms with E-state index in [0.717, 1.165) is 38.5 Å². The number of carbonyl (C=O) groups excluding carboxylic acids is 1. The molecule has 0 bridgehead atoms. The quantitative estimate of drug-likeness (QED) is 0.0261. The van der Waals surface area contributed by atoms with Crippen LogP contribution in [-0.4, -0.2) is 87.5 Å². The molecule has 1 heterocycles. The Bertz CT molecular complexity index is 1360. The molecule has 0 spiro atoms. The predicted molar refractivity (Wildman–Crippen MR) is 341 cm³/mol. The van der Waals surface area contributed by atoms with Gasteiger partial charge < -0.3 is 40.3 Å². The van der Waals surface area contributed by atoms with Gasteiger partial charge in [-0.3, -0.25) is 4.79 Å². The van der Waals surface area contributed by atoms with Crippen LogP contribution in [0.1, 0.15) is 354 Å². The average Bonchev–Trinajstić information content (AvgIpc) is 3.46. The smallest absolute Gasteiger partial charge is 0.220 e. The van der Waals surface area contributed by atoms with Crippen LogP contribution in [0.25, 0.3) is 0 Å². The zero-order valence-corrected chi connectivity index (χ0v) is 52.9. The van der Waals surface area contributed by atoms with Gasteiger partial charge in [-0.25, -0.2) is 0 Å². The number of allylic oxidation sites excluding steroid dienone is 5. The molecular weight excluding hydrogens is 995 g/mol. The number of hydrogen-bond acceptors (Lipinski definition) is 8. The van der Waals surface area contributed by atoms with E-state index >= 15 is 0 Å². The Morgan fingerprint density at radius 3 is 1.05 bits per heavy atom. The molecule has 0 aromatic heterocycles. The molecule has 0 aromatic rings. The maximum atomic E-state index is 13.1. The maximum Gasteiger partial charge on any atom is 0.220 e. The molecule has 1 aliphatic heterocycles. The van der Waals surface area contributed by atoms with Crippen molar-refractivity contribution in [2.75, 3.05) is 13.2 Å². The van der Waals surface area contributed by atoms with Gasteiger partial charge in [-0.1, -0.05) is 326 Å². The van der Waals surface area contributed by atoms with Gasteiger partial charge in [-0.2, -0.15) is 0 Å². The van der Waals surface area contributed by atoms with Crippen molar-refractivity contribution in [2.45, 2.75) is 397 Å². The topological polar surface area (TPSA) is 149 Å². The van der Waals surface area contributed by atoms with Crippen molar-refractivity contribution in [2.24, 2.45) is 0 Å². The molecule has 0 aliphatic carbocycles. The van der Waals surface area contributed by atoms with Crippen molar-refractivity contribution in [3.63, 3.8) is 0 Å². The highest BCUT2D eigenvalue weighted by Gasteiger charge is 2.44. The first-order valence-electron chi connectivity index (χ1n) is 35.2. The van der Waals surface area contributed by atoms with E-state index in [4.69, 9.17) is 9.47 Å². The highest BCUT2D eigenvalue weighted by molar-refractivity contribution is 5.76. The van der Waals surface area contributed by atoms with Crippen molar-refractivity contribution < 1.29 is 39.8 Å². The summed E-state index contributed by atoms with van der Waals surface area (Å²) in [6, 6.07) is -0.821. The summed E-state index contributed by atoms with van der Waals surface area (Å²) in [6.07, 6.45) is 74.1. The molecule has 0 radical (unpaired) electrons. The zero-order valence-electron chi connectivity index (χ0n) is 52.9. The van der Waals surface area contributed by atoms with E-state index < -0.39 is 49.5 Å². The van der Waals surface area contributed by atoms with Crippen LogP contribution in [0.4, 0.5) is 0 Å². The summed E-state index contributed by atoms with van der Waals surface area (Å²) in [5, 5.41) is 54.7. The third-order valence-corrected chi connectivity index (χ3v) is 16.9. The van der Waals surface area contributed by atoms with E-state index in [1.54, 1.807) is 6.08 Å². The summed E-state index contributed by atoms with van der Waals surface area (Å²) in [6.45, 7) is 3.81. The van der Waals surface area contributed by atoms with Gasteiger partial charge in [0.1, 0.15) is 24.4 Å². The molecule has 472 valence electrons. The van der Waals surface area contributed by atoms with E-state index in [0.29, 0.717) is 6.42 Å². The molecular formula is C71H135NO8. The predicted octanol–water partition coefficient (Wildman–Crippen LogP) is 19.0. The van der Waals surface area contributed by atoms with Crippen LogP contribution in [0.5, 0.6) is 0 Å². The summed E-state index contributed by atoms with van der Waals surface area (Å²) in [5.74, 6) is -0.179. The van der Waals surface area contributed by atoms with Gasteiger partial charge >= 0.3 is 0 Å². The van der Waals surface area contributed by atoms with Gasteiger partial charge in [0.05, 0.1) is 25.4 Å². The molecule has 1 amide bonds. The Balaban J connectivity index is 2.08. The first-order valence-corrected chi connectivity index (χ1v) is 35.2. The lowest BCUT2D eigenvalue weighted by Crippen LogP contribution is -2.60. The largest absolute Gasteiger partial charge is 0.394 e. The Hall–Kier alpha value is -1.59. The monoisotopic (exact) mass is 1130 g/mol. The van der Waals surface area contributed by atoms with Crippen molar-refractivity contribution in [1.29, 1.82) is 0 Å². The van der Waals surface area contributed by atoms with Gasteiger partial charge in [0.25, 0.3) is 0 Å². The molecule has 80 heavy (non-hydrogen) atoms. The van der Waals surface area contributed by atoms with Crippen molar-refractivity contribution in [3.05, 3.63) is 36.5 Å². The van der Waals surface area contributed by atoms with Gasteiger partial charge in [-0.05, 0) is 57.8 Å². The molecule has 1 saturated heterocycles. The molecule has 1 aliphatic rings. The van der Waals surface area contributed by atoms with Gasteiger partial charge in [0.2, 0.25) is 5.91 Å². The van der Waals surface area contributed by atoms with E-state index in [1.165, 1.54) is 295 Å². The maximum absolute atomic E-state index is 13.1. The fourth-order valence-corrected chi connectivity index (χ4v) is 11.4. The molecule has 7 atom stereocenters. The van der Waals surface area contributed by atoms with Crippen LogP contribution in [-0.2, 0) is 14.3 Å². The lowest BCUT2D eigenvalue weighted by molar-refractivity contribution is -0.302. The Morgan fingerprint density at radius 2 is 0.713 bits per heavy atom. The second-order valence-electron chi connectivity index (χ2n) is 24.7. The summed E-state index contributed by atoms with van der Waals surface area (Å²) < 4.78 is 11.3. The fraction of sp³-hybridized carbons (Fsp3) is 0.901. The number of hydrogen-bond donors (Lipinski definition) is 6. The molecule has 7 unspecified atom stereocenters. The zero-order chi connectivity index (χ0) is 57.9. The van der Waals surface area contributed by atoms with E-state index in [-0.39, 0.29) is 12.5 Å². The lowest BCUT2D eigenvalue weighted by Gasteiger charge is -2.40. The molecule has 0 aromatic carbocycles. The summed E-state index contributed by atoms with van der Waals surface area (Å²) in [5.41, 5.74) is 0. The Morgan fingerprint density at radius 1 is 0.412 bits per heavy atom. The summed E-state index contributed by atoms with van der Waals surface area (Å²) >= 11 is 0. The standard InChI is InChI=1S/C71H135NO8/c1-3-5-7-9-11-13-15-17-19-21-23-25-26-27-28-29-30-31-32-33-34-35-36-37-38-39-40-41-43-45-47-49-51-53-55-57-59-61-67(75)72-64(63-79-71-70(78)69(77)68(76)66(62-73)80-71)65(74)60-58-56-54-52-50-48-46-44-42-24-22-20-18-16-14-12-10-8-6-4-2/h21,23,50,52,58,60,64-66,68-71,73-74,76-78H,3-20,22,24-49,51,53-57,59,61-63H2,1-2H3,(H,72,75)/b23-21-,52-50+,60-58+. The normalized spacial score (nSPS) is 18.6. The number of carbonyl (C=O) groups is 1. The number of unbranched alkanes of at least 4 members (excludes halogenated alkanes) is 48. The minimum atomic E-state index is -1.57. The van der Waals surface area contributed by atoms with Crippen LogP contribution in [0, 0.1) is 0 Å². The number of nitrogens with one attached hydrogen (secondary N) is 1. The van der Waals surface area contributed by atoms with Gasteiger partial charge in [0.15, 0.2) is 6.29 Å². The average molecular weight is 1130 g/mol. The number of aliphatic hydroxyl groups excluding tert-OH is 5. The third-order valence-electron chi connectivity index (χ3n) is 16.9. The van der Waals surface area contributed by atoms with Crippen molar-refractivity contribution >= 4 is 5.91 Å². The van der Waals surface area contributed by atoms with Crippen LogP contribution < -0.4 is 5.32 Å². The van der Waals surface area contributed by atoms with Crippen molar-refractivity contribution in [1.82, 2.24) is 5.32 Å². The lowest BCUT2D eigenvalue weighted by atomic mass is 9.99. The number of aliphatic hydroxyl groups is 5. The summed E-state index contributed by atoms with van der Waals surface area (Å²) in [7, 11) is 0. The Labute approximate surface area is 495 Å². The molecule has 6 N–H and O–H groups in total. The van der Waals surface area contributed by atoms with Crippen LogP contribution >= 0.6 is 0 Å². The number of rotatable bonds is 62. The van der Waals surface area contributed by atoms with Gasteiger partial charge in [0, 0.05) is 6.42 Å². The minimum Gasteiger partial charge on any atom is -0.394 e. The molecule has 1 rings (SSSR count). The van der Waals surface area contributed by atoms with Gasteiger partial charge in [-0.15, -0.1) is 0 Å². The van der Waals surface area contributed by atoms with Crippen molar-refractivity contribution in [3.8, 4) is 0 Å². The second kappa shape index (κ2) is 60.5. The number of amides is 1. The first kappa shape index (κ1) is 76.4. The summed E-state index contributed by atoms with van der Waals surface area (Å²) in [4.78, 5) is 13.1. The fourth-order valence-electron chi connectivity index (χ4n) is 11.4. The third kappa shape index (κ3) is 48.7. The molecule has 9 nitrogen and oxygen atoms in total. The number of ether oxygens (including phenoxy) is 2. The molecule has 0 saturated carbocycles. The Kier molecular flexibility index (Phi) is 57.8.